The lowest BCUT2D eigenvalue weighted by Gasteiger charge is -2.01. The van der Waals surface area contributed by atoms with E-state index in [9.17, 15) is 4.79 Å². The Labute approximate surface area is 131 Å². The van der Waals surface area contributed by atoms with Crippen LogP contribution in [0.5, 0.6) is 0 Å². The predicted molar refractivity (Wildman–Crippen MR) is 81.7 cm³/mol. The first kappa shape index (κ1) is 15.3. The highest BCUT2D eigenvalue weighted by Crippen LogP contribution is 2.24. The molecule has 0 spiro atoms. The summed E-state index contributed by atoms with van der Waals surface area (Å²) in [4.78, 5) is 15.8. The summed E-state index contributed by atoms with van der Waals surface area (Å²) >= 11 is 13.4. The normalized spacial score (nSPS) is 10.6. The van der Waals surface area contributed by atoms with Crippen LogP contribution in [0.3, 0.4) is 0 Å². The van der Waals surface area contributed by atoms with Crippen molar-refractivity contribution in [2.45, 2.75) is 19.8 Å². The van der Waals surface area contributed by atoms with Gasteiger partial charge in [0.15, 0.2) is 0 Å². The fourth-order valence-electron chi connectivity index (χ4n) is 1.70. The molecule has 1 aromatic carbocycles. The fourth-order valence-corrected chi connectivity index (χ4v) is 2.84. The molecule has 2 aromatic rings. The topological polar surface area (TPSA) is 39.2 Å². The van der Waals surface area contributed by atoms with Crippen molar-refractivity contribution in [1.82, 2.24) is 4.98 Å². The molecule has 2 rings (SSSR count). The molecule has 3 nitrogen and oxygen atoms in total. The van der Waals surface area contributed by atoms with E-state index >= 15 is 0 Å². The van der Waals surface area contributed by atoms with E-state index in [1.807, 2.05) is 17.5 Å². The quantitative estimate of drug-likeness (QED) is 0.773. The molecule has 0 aliphatic heterocycles. The lowest BCUT2D eigenvalue weighted by Crippen LogP contribution is -2.07. The first-order valence-corrected chi connectivity index (χ1v) is 7.75. The maximum absolute atomic E-state index is 11.4. The molecule has 6 heteroatoms. The summed E-state index contributed by atoms with van der Waals surface area (Å²) in [7, 11) is 0. The van der Waals surface area contributed by atoms with Crippen LogP contribution in [0.15, 0.2) is 23.6 Å². The Morgan fingerprint density at radius 1 is 1.35 bits per heavy atom. The second-order valence-electron chi connectivity index (χ2n) is 4.14. The van der Waals surface area contributed by atoms with Crippen LogP contribution < -0.4 is 0 Å². The van der Waals surface area contributed by atoms with Crippen LogP contribution in [0.1, 0.15) is 23.2 Å². The Kier molecular flexibility index (Phi) is 5.40. The summed E-state index contributed by atoms with van der Waals surface area (Å²) in [6.45, 7) is 2.17. The highest BCUT2D eigenvalue weighted by Gasteiger charge is 2.09. The number of halogens is 2. The minimum atomic E-state index is -0.251. The number of benzene rings is 1. The van der Waals surface area contributed by atoms with Gasteiger partial charge in [-0.1, -0.05) is 29.3 Å². The molecule has 1 heterocycles. The standard InChI is InChI=1S/C14H13Cl2NO2S/c1-2-19-14(18)7-10-8-20-13(17-10)6-9-3-4-11(15)12(16)5-9/h3-5,8H,2,6-7H2,1H3. The van der Waals surface area contributed by atoms with Gasteiger partial charge in [0.25, 0.3) is 0 Å². The minimum absolute atomic E-state index is 0.214. The maximum Gasteiger partial charge on any atom is 0.311 e. The zero-order valence-corrected chi connectivity index (χ0v) is 13.2. The number of aromatic nitrogens is 1. The average Bonchev–Trinajstić information content (AvgIpc) is 2.81. The van der Waals surface area contributed by atoms with Crippen LogP contribution in [0.4, 0.5) is 0 Å². The fraction of sp³-hybridized carbons (Fsp3) is 0.286. The van der Waals surface area contributed by atoms with Crippen molar-refractivity contribution in [3.8, 4) is 0 Å². The predicted octanol–water partition coefficient (Wildman–Crippen LogP) is 4.15. The number of ether oxygens (including phenoxy) is 1. The Morgan fingerprint density at radius 3 is 2.85 bits per heavy atom. The average molecular weight is 330 g/mol. The van der Waals surface area contributed by atoms with E-state index in [1.54, 1.807) is 13.0 Å². The molecule has 0 N–H and O–H groups in total. The van der Waals surface area contributed by atoms with Gasteiger partial charge in [-0.3, -0.25) is 4.79 Å². The van der Waals surface area contributed by atoms with Crippen molar-refractivity contribution < 1.29 is 9.53 Å². The molecule has 0 fully saturated rings. The second-order valence-corrected chi connectivity index (χ2v) is 5.90. The molecule has 0 aliphatic carbocycles. The van der Waals surface area contributed by atoms with Gasteiger partial charge in [-0.05, 0) is 24.6 Å². The number of carbonyl (C=O) groups is 1. The Morgan fingerprint density at radius 2 is 2.15 bits per heavy atom. The molecule has 0 unspecified atom stereocenters. The molecule has 0 bridgehead atoms. The summed E-state index contributed by atoms with van der Waals surface area (Å²) in [6, 6.07) is 5.52. The van der Waals surface area contributed by atoms with Crippen LogP contribution in [0, 0.1) is 0 Å². The molecule has 0 aliphatic rings. The van der Waals surface area contributed by atoms with E-state index in [2.05, 4.69) is 4.98 Å². The van der Waals surface area contributed by atoms with E-state index in [0.29, 0.717) is 23.1 Å². The number of hydrogen-bond donors (Lipinski definition) is 0. The SMILES string of the molecule is CCOC(=O)Cc1csc(Cc2ccc(Cl)c(Cl)c2)n1. The molecular formula is C14H13Cl2NO2S. The summed E-state index contributed by atoms with van der Waals surface area (Å²) in [5.74, 6) is -0.251. The minimum Gasteiger partial charge on any atom is -0.466 e. The van der Waals surface area contributed by atoms with Crippen LogP contribution >= 0.6 is 34.5 Å². The lowest BCUT2D eigenvalue weighted by molar-refractivity contribution is -0.142. The highest BCUT2D eigenvalue weighted by atomic mass is 35.5. The van der Waals surface area contributed by atoms with Gasteiger partial charge in [0.05, 0.1) is 33.8 Å². The first-order valence-electron chi connectivity index (χ1n) is 6.11. The lowest BCUT2D eigenvalue weighted by atomic mass is 10.1. The number of rotatable bonds is 5. The van der Waals surface area contributed by atoms with E-state index in [0.717, 1.165) is 16.3 Å². The van der Waals surface area contributed by atoms with Gasteiger partial charge in [0.1, 0.15) is 0 Å². The van der Waals surface area contributed by atoms with Gasteiger partial charge in [-0.15, -0.1) is 11.3 Å². The first-order chi connectivity index (χ1) is 9.58. The summed E-state index contributed by atoms with van der Waals surface area (Å²) < 4.78 is 4.90. The van der Waals surface area contributed by atoms with E-state index in [-0.39, 0.29) is 12.4 Å². The van der Waals surface area contributed by atoms with Gasteiger partial charge in [-0.2, -0.15) is 0 Å². The smallest absolute Gasteiger partial charge is 0.311 e. The third-order valence-corrected chi connectivity index (χ3v) is 4.21. The number of nitrogens with zero attached hydrogens (tertiary/aromatic N) is 1. The highest BCUT2D eigenvalue weighted by molar-refractivity contribution is 7.09. The molecular weight excluding hydrogens is 317 g/mol. The molecule has 0 atom stereocenters. The van der Waals surface area contributed by atoms with E-state index in [4.69, 9.17) is 27.9 Å². The zero-order chi connectivity index (χ0) is 14.5. The molecule has 0 amide bonds. The van der Waals surface area contributed by atoms with Gasteiger partial charge in [-0.25, -0.2) is 4.98 Å². The van der Waals surface area contributed by atoms with Crippen LogP contribution in [0.2, 0.25) is 10.0 Å². The Bertz CT molecular complexity index is 613. The molecule has 0 saturated carbocycles. The second kappa shape index (κ2) is 7.07. The van der Waals surface area contributed by atoms with Crippen LogP contribution in [0.25, 0.3) is 0 Å². The maximum atomic E-state index is 11.4. The molecule has 0 radical (unpaired) electrons. The molecule has 20 heavy (non-hydrogen) atoms. The van der Waals surface area contributed by atoms with Crippen molar-refractivity contribution in [2.24, 2.45) is 0 Å². The van der Waals surface area contributed by atoms with Crippen LogP contribution in [-0.2, 0) is 22.4 Å². The van der Waals surface area contributed by atoms with Gasteiger partial charge >= 0.3 is 5.97 Å². The number of hydrogen-bond acceptors (Lipinski definition) is 4. The zero-order valence-electron chi connectivity index (χ0n) is 10.9. The van der Waals surface area contributed by atoms with Crippen molar-refractivity contribution in [1.29, 1.82) is 0 Å². The van der Waals surface area contributed by atoms with Crippen molar-refractivity contribution in [2.75, 3.05) is 6.61 Å². The summed E-state index contributed by atoms with van der Waals surface area (Å²) in [5.41, 5.74) is 1.78. The van der Waals surface area contributed by atoms with Crippen molar-refractivity contribution >= 4 is 40.5 Å². The van der Waals surface area contributed by atoms with E-state index in [1.165, 1.54) is 11.3 Å². The van der Waals surface area contributed by atoms with E-state index < -0.39 is 0 Å². The number of carbonyl (C=O) groups excluding carboxylic acids is 1. The van der Waals surface area contributed by atoms with Crippen molar-refractivity contribution in [3.63, 3.8) is 0 Å². The third-order valence-electron chi connectivity index (χ3n) is 2.57. The summed E-state index contributed by atoms with van der Waals surface area (Å²) in [5, 5.41) is 3.89. The number of esters is 1. The van der Waals surface area contributed by atoms with Crippen molar-refractivity contribution in [3.05, 3.63) is 49.9 Å². The largest absolute Gasteiger partial charge is 0.466 e. The summed E-state index contributed by atoms with van der Waals surface area (Å²) in [6.07, 6.45) is 0.885. The third kappa shape index (κ3) is 4.20. The number of thiazole rings is 1. The van der Waals surface area contributed by atoms with Gasteiger partial charge < -0.3 is 4.74 Å². The van der Waals surface area contributed by atoms with Gasteiger partial charge in [0.2, 0.25) is 0 Å². The van der Waals surface area contributed by atoms with Crippen LogP contribution in [-0.4, -0.2) is 17.6 Å². The molecule has 0 saturated heterocycles. The monoisotopic (exact) mass is 329 g/mol. The Balaban J connectivity index is 2.02. The molecule has 1 aromatic heterocycles. The molecule has 106 valence electrons. The Hall–Kier alpha value is -1.10. The van der Waals surface area contributed by atoms with Gasteiger partial charge in [0, 0.05) is 11.8 Å².